The highest BCUT2D eigenvalue weighted by Gasteiger charge is 2.08. The molecule has 0 saturated carbocycles. The van der Waals surface area contributed by atoms with Crippen molar-refractivity contribution >= 4 is 17.0 Å². The number of hydrogen-bond donors (Lipinski definition) is 1. The molecule has 2 aromatic heterocycles. The highest BCUT2D eigenvalue weighted by atomic mass is 32.1. The molecule has 0 aromatic carbocycles. The standard InChI is InChI=1S/C10H11N3S/c1-6-3-4-12-10(9(6)11)8-5-14-7(2)13-8/h3-5H,11H2,1-2H3. The van der Waals surface area contributed by atoms with Gasteiger partial charge in [-0.05, 0) is 25.5 Å². The van der Waals surface area contributed by atoms with Crippen molar-refractivity contribution in [2.24, 2.45) is 0 Å². The summed E-state index contributed by atoms with van der Waals surface area (Å²) < 4.78 is 0. The first-order valence-corrected chi connectivity index (χ1v) is 5.20. The molecule has 0 aliphatic rings. The van der Waals surface area contributed by atoms with Gasteiger partial charge in [0.25, 0.3) is 0 Å². The second-order valence-corrected chi connectivity index (χ2v) is 4.20. The number of nitrogens with two attached hydrogens (primary N) is 1. The van der Waals surface area contributed by atoms with E-state index in [1.165, 1.54) is 0 Å². The first kappa shape index (κ1) is 9.15. The van der Waals surface area contributed by atoms with E-state index in [2.05, 4.69) is 9.97 Å². The Hall–Kier alpha value is -1.42. The summed E-state index contributed by atoms with van der Waals surface area (Å²) in [5, 5.41) is 3.01. The predicted molar refractivity (Wildman–Crippen MR) is 59.2 cm³/mol. The van der Waals surface area contributed by atoms with Gasteiger partial charge in [0.2, 0.25) is 0 Å². The third kappa shape index (κ3) is 1.48. The fourth-order valence-corrected chi connectivity index (χ4v) is 1.84. The molecule has 0 aliphatic carbocycles. The van der Waals surface area contributed by atoms with Crippen LogP contribution in [0.15, 0.2) is 17.6 Å². The molecule has 4 heteroatoms. The minimum atomic E-state index is 0.720. The number of hydrogen-bond acceptors (Lipinski definition) is 4. The minimum absolute atomic E-state index is 0.720. The molecule has 0 aliphatic heterocycles. The fourth-order valence-electron chi connectivity index (χ4n) is 1.25. The predicted octanol–water partition coefficient (Wildman–Crippen LogP) is 2.40. The summed E-state index contributed by atoms with van der Waals surface area (Å²) in [7, 11) is 0. The van der Waals surface area contributed by atoms with Crippen LogP contribution in [0.1, 0.15) is 10.6 Å². The Morgan fingerprint density at radius 1 is 1.36 bits per heavy atom. The molecular formula is C10H11N3S. The quantitative estimate of drug-likeness (QED) is 0.777. The third-order valence-corrected chi connectivity index (χ3v) is 2.84. The molecule has 0 amide bonds. The van der Waals surface area contributed by atoms with E-state index in [0.717, 1.165) is 27.6 Å². The third-order valence-electron chi connectivity index (χ3n) is 2.07. The fraction of sp³-hybridized carbons (Fsp3) is 0.200. The van der Waals surface area contributed by atoms with Gasteiger partial charge < -0.3 is 5.73 Å². The van der Waals surface area contributed by atoms with Crippen LogP contribution < -0.4 is 5.73 Å². The summed E-state index contributed by atoms with van der Waals surface area (Å²) in [6, 6.07) is 1.90. The summed E-state index contributed by atoms with van der Waals surface area (Å²) in [5.74, 6) is 0. The summed E-state index contributed by atoms with van der Waals surface area (Å²) in [5.41, 5.74) is 9.34. The maximum absolute atomic E-state index is 5.93. The number of thiazole rings is 1. The van der Waals surface area contributed by atoms with E-state index in [0.29, 0.717) is 0 Å². The van der Waals surface area contributed by atoms with Gasteiger partial charge in [0.05, 0.1) is 10.7 Å². The van der Waals surface area contributed by atoms with Crippen molar-refractivity contribution in [1.82, 2.24) is 9.97 Å². The van der Waals surface area contributed by atoms with Gasteiger partial charge in [-0.25, -0.2) is 4.98 Å². The van der Waals surface area contributed by atoms with E-state index in [-0.39, 0.29) is 0 Å². The number of anilines is 1. The van der Waals surface area contributed by atoms with Crippen LogP contribution in [-0.4, -0.2) is 9.97 Å². The lowest BCUT2D eigenvalue weighted by Gasteiger charge is -2.03. The van der Waals surface area contributed by atoms with Crippen molar-refractivity contribution in [3.8, 4) is 11.4 Å². The zero-order valence-corrected chi connectivity index (χ0v) is 8.93. The van der Waals surface area contributed by atoms with Crippen LogP contribution in [0, 0.1) is 13.8 Å². The normalized spacial score (nSPS) is 10.4. The number of aryl methyl sites for hydroxylation is 2. The highest BCUT2D eigenvalue weighted by molar-refractivity contribution is 7.09. The van der Waals surface area contributed by atoms with Crippen molar-refractivity contribution in [1.29, 1.82) is 0 Å². The molecule has 72 valence electrons. The van der Waals surface area contributed by atoms with Crippen LogP contribution in [0.3, 0.4) is 0 Å². The average molecular weight is 205 g/mol. The Kier molecular flexibility index (Phi) is 2.21. The van der Waals surface area contributed by atoms with Crippen LogP contribution in [0.4, 0.5) is 5.69 Å². The number of rotatable bonds is 1. The number of nitrogen functional groups attached to an aromatic ring is 1. The lowest BCUT2D eigenvalue weighted by molar-refractivity contribution is 1.23. The second kappa shape index (κ2) is 3.38. The van der Waals surface area contributed by atoms with Gasteiger partial charge in [0, 0.05) is 11.6 Å². The van der Waals surface area contributed by atoms with Crippen LogP contribution in [-0.2, 0) is 0 Å². The molecule has 0 bridgehead atoms. The molecular weight excluding hydrogens is 194 g/mol. The van der Waals surface area contributed by atoms with E-state index in [1.54, 1.807) is 17.5 Å². The smallest absolute Gasteiger partial charge is 0.113 e. The summed E-state index contributed by atoms with van der Waals surface area (Å²) in [6.45, 7) is 3.94. The average Bonchev–Trinajstić information content (AvgIpc) is 2.57. The largest absolute Gasteiger partial charge is 0.397 e. The van der Waals surface area contributed by atoms with Crippen LogP contribution in [0.5, 0.6) is 0 Å². The molecule has 14 heavy (non-hydrogen) atoms. The molecule has 0 atom stereocenters. The van der Waals surface area contributed by atoms with Gasteiger partial charge in [-0.15, -0.1) is 11.3 Å². The van der Waals surface area contributed by atoms with Crippen LogP contribution in [0.2, 0.25) is 0 Å². The number of nitrogens with zero attached hydrogens (tertiary/aromatic N) is 2. The molecule has 2 N–H and O–H groups in total. The van der Waals surface area contributed by atoms with Crippen molar-refractivity contribution in [3.05, 3.63) is 28.2 Å². The van der Waals surface area contributed by atoms with E-state index in [4.69, 9.17) is 5.73 Å². The lowest BCUT2D eigenvalue weighted by Crippen LogP contribution is -1.96. The zero-order valence-electron chi connectivity index (χ0n) is 8.11. The molecule has 0 unspecified atom stereocenters. The van der Waals surface area contributed by atoms with E-state index in [1.807, 2.05) is 25.3 Å². The molecule has 0 fully saturated rings. The van der Waals surface area contributed by atoms with Crippen molar-refractivity contribution in [2.45, 2.75) is 13.8 Å². The molecule has 0 saturated heterocycles. The summed E-state index contributed by atoms with van der Waals surface area (Å²) in [4.78, 5) is 8.60. The van der Waals surface area contributed by atoms with Gasteiger partial charge in [-0.2, -0.15) is 0 Å². The Balaban J connectivity index is 2.57. The molecule has 2 aromatic rings. The molecule has 0 spiro atoms. The van der Waals surface area contributed by atoms with Gasteiger partial charge >= 0.3 is 0 Å². The monoisotopic (exact) mass is 205 g/mol. The van der Waals surface area contributed by atoms with E-state index >= 15 is 0 Å². The molecule has 3 nitrogen and oxygen atoms in total. The second-order valence-electron chi connectivity index (χ2n) is 3.14. The molecule has 2 rings (SSSR count). The maximum atomic E-state index is 5.93. The van der Waals surface area contributed by atoms with Crippen molar-refractivity contribution < 1.29 is 0 Å². The lowest BCUT2D eigenvalue weighted by atomic mass is 10.2. The van der Waals surface area contributed by atoms with Crippen molar-refractivity contribution in [3.63, 3.8) is 0 Å². The first-order valence-electron chi connectivity index (χ1n) is 4.32. The molecule has 2 heterocycles. The van der Waals surface area contributed by atoms with Crippen LogP contribution >= 0.6 is 11.3 Å². The topological polar surface area (TPSA) is 51.8 Å². The number of aromatic nitrogens is 2. The Bertz CT molecular complexity index is 462. The van der Waals surface area contributed by atoms with Gasteiger partial charge in [0.1, 0.15) is 11.4 Å². The summed E-state index contributed by atoms with van der Waals surface area (Å²) in [6.07, 6.45) is 1.76. The van der Waals surface area contributed by atoms with Gasteiger partial charge in [-0.1, -0.05) is 0 Å². The Morgan fingerprint density at radius 3 is 2.79 bits per heavy atom. The Morgan fingerprint density at radius 2 is 2.14 bits per heavy atom. The van der Waals surface area contributed by atoms with E-state index < -0.39 is 0 Å². The SMILES string of the molecule is Cc1nc(-c2nccc(C)c2N)cs1. The minimum Gasteiger partial charge on any atom is -0.397 e. The molecule has 0 radical (unpaired) electrons. The van der Waals surface area contributed by atoms with Gasteiger partial charge in [0.15, 0.2) is 0 Å². The summed E-state index contributed by atoms with van der Waals surface area (Å²) >= 11 is 1.61. The van der Waals surface area contributed by atoms with Crippen molar-refractivity contribution in [2.75, 3.05) is 5.73 Å². The first-order chi connectivity index (χ1) is 6.68. The highest BCUT2D eigenvalue weighted by Crippen LogP contribution is 2.26. The number of pyridine rings is 1. The maximum Gasteiger partial charge on any atom is 0.113 e. The van der Waals surface area contributed by atoms with Gasteiger partial charge in [-0.3, -0.25) is 4.98 Å². The van der Waals surface area contributed by atoms with E-state index in [9.17, 15) is 0 Å². The zero-order chi connectivity index (χ0) is 10.1. The van der Waals surface area contributed by atoms with Crippen LogP contribution in [0.25, 0.3) is 11.4 Å². The Labute approximate surface area is 86.6 Å².